The van der Waals surface area contributed by atoms with Crippen molar-refractivity contribution in [3.63, 3.8) is 0 Å². The summed E-state index contributed by atoms with van der Waals surface area (Å²) < 4.78 is 0. The molecule has 0 atom stereocenters. The molecule has 0 heterocycles. The fraction of sp³-hybridized carbons (Fsp3) is 1.00. The first kappa shape index (κ1) is 12.9. The second-order valence-electron chi connectivity index (χ2n) is 7.36. The smallest absolute Gasteiger partial charge is 0.00201 e. The van der Waals surface area contributed by atoms with Crippen molar-refractivity contribution in [1.29, 1.82) is 0 Å². The van der Waals surface area contributed by atoms with Crippen molar-refractivity contribution in [3.8, 4) is 0 Å². The van der Waals surface area contributed by atoms with Crippen LogP contribution in [0.25, 0.3) is 0 Å². The van der Waals surface area contributed by atoms with Crippen LogP contribution in [0.2, 0.25) is 0 Å². The summed E-state index contributed by atoms with van der Waals surface area (Å²) in [6, 6.07) is 0. The molecule has 0 saturated heterocycles. The maximum Gasteiger partial charge on any atom is 0.00201 e. The average Bonchev–Trinajstić information content (AvgIpc) is 3.24. The molecule has 3 N–H and O–H groups in total. The fourth-order valence-corrected chi connectivity index (χ4v) is 4.09. The van der Waals surface area contributed by atoms with E-state index in [9.17, 15) is 0 Å². The Balaban J connectivity index is 1.47. The minimum atomic E-state index is 0.427. The molecule has 0 aromatic rings. The number of hydrogen-bond donors (Lipinski definition) is 2. The van der Waals surface area contributed by atoms with Crippen molar-refractivity contribution in [2.24, 2.45) is 22.5 Å². The summed E-state index contributed by atoms with van der Waals surface area (Å²) >= 11 is 0. The van der Waals surface area contributed by atoms with Crippen molar-refractivity contribution in [3.05, 3.63) is 0 Å². The minimum Gasteiger partial charge on any atom is -0.330 e. The highest BCUT2D eigenvalue weighted by atomic mass is 14.9. The summed E-state index contributed by atoms with van der Waals surface area (Å²) in [5.41, 5.74) is 7.27. The summed E-state index contributed by atoms with van der Waals surface area (Å²) in [6.07, 6.45) is 14.3. The van der Waals surface area contributed by atoms with Gasteiger partial charge in [0, 0.05) is 13.1 Å². The maximum atomic E-state index is 6.11. The van der Waals surface area contributed by atoms with Crippen LogP contribution >= 0.6 is 0 Å². The average molecular weight is 250 g/mol. The molecule has 0 unspecified atom stereocenters. The van der Waals surface area contributed by atoms with Gasteiger partial charge in [-0.2, -0.15) is 0 Å². The van der Waals surface area contributed by atoms with E-state index < -0.39 is 0 Å². The molecular weight excluding hydrogens is 220 g/mol. The Hall–Kier alpha value is -0.0800. The molecule has 0 amide bonds. The van der Waals surface area contributed by atoms with E-state index in [1.165, 1.54) is 77.3 Å². The van der Waals surface area contributed by atoms with Gasteiger partial charge in [-0.25, -0.2) is 0 Å². The summed E-state index contributed by atoms with van der Waals surface area (Å²) in [6.45, 7) is 3.34. The molecule has 3 aliphatic rings. The molecule has 3 rings (SSSR count). The van der Waals surface area contributed by atoms with Crippen LogP contribution in [0, 0.1) is 16.7 Å². The highest BCUT2D eigenvalue weighted by molar-refractivity contribution is 5.05. The summed E-state index contributed by atoms with van der Waals surface area (Å²) in [5, 5.41) is 3.82. The predicted octanol–water partition coefficient (Wildman–Crippen LogP) is 3.07. The Labute approximate surface area is 112 Å². The summed E-state index contributed by atoms with van der Waals surface area (Å²) in [5.74, 6) is 1.08. The molecule has 0 spiro atoms. The van der Waals surface area contributed by atoms with E-state index in [-0.39, 0.29) is 0 Å². The number of nitrogens with one attached hydrogen (secondary N) is 1. The van der Waals surface area contributed by atoms with Crippen LogP contribution in [0.4, 0.5) is 0 Å². The molecule has 3 fully saturated rings. The SMILES string of the molecule is NCC1(CNCC2(C3CC3)CC2)CCCCCC1. The third kappa shape index (κ3) is 2.75. The first-order valence-corrected chi connectivity index (χ1v) is 8.20. The molecule has 104 valence electrons. The molecule has 0 bridgehead atoms. The van der Waals surface area contributed by atoms with Crippen molar-refractivity contribution in [2.45, 2.75) is 64.2 Å². The van der Waals surface area contributed by atoms with Gasteiger partial charge in [0.1, 0.15) is 0 Å². The Morgan fingerprint density at radius 1 is 0.889 bits per heavy atom. The topological polar surface area (TPSA) is 38.0 Å². The Kier molecular flexibility index (Phi) is 3.68. The summed E-state index contributed by atoms with van der Waals surface area (Å²) in [4.78, 5) is 0. The van der Waals surface area contributed by atoms with Crippen LogP contribution in [0.1, 0.15) is 64.2 Å². The van der Waals surface area contributed by atoms with E-state index in [2.05, 4.69) is 5.32 Å². The van der Waals surface area contributed by atoms with Crippen LogP contribution in [-0.4, -0.2) is 19.6 Å². The van der Waals surface area contributed by atoms with E-state index in [1.807, 2.05) is 0 Å². The number of nitrogens with two attached hydrogens (primary N) is 1. The van der Waals surface area contributed by atoms with Crippen molar-refractivity contribution >= 4 is 0 Å². The van der Waals surface area contributed by atoms with E-state index in [0.717, 1.165) is 17.9 Å². The molecule has 0 aliphatic heterocycles. The second-order valence-corrected chi connectivity index (χ2v) is 7.36. The van der Waals surface area contributed by atoms with Gasteiger partial charge in [0.05, 0.1) is 0 Å². The van der Waals surface area contributed by atoms with Crippen LogP contribution in [-0.2, 0) is 0 Å². The molecule has 2 heteroatoms. The lowest BCUT2D eigenvalue weighted by atomic mass is 9.80. The zero-order valence-corrected chi connectivity index (χ0v) is 11.8. The first-order chi connectivity index (χ1) is 8.79. The largest absolute Gasteiger partial charge is 0.330 e. The molecule has 18 heavy (non-hydrogen) atoms. The lowest BCUT2D eigenvalue weighted by Crippen LogP contribution is -2.42. The second kappa shape index (κ2) is 5.13. The Morgan fingerprint density at radius 2 is 1.56 bits per heavy atom. The standard InChI is InChI=1S/C16H30N2/c17-11-15(7-3-1-2-4-8-15)12-18-13-16(9-10-16)14-5-6-14/h14,18H,1-13,17H2. The third-order valence-electron chi connectivity index (χ3n) is 5.91. The minimum absolute atomic E-state index is 0.427. The Morgan fingerprint density at radius 3 is 2.06 bits per heavy atom. The van der Waals surface area contributed by atoms with Gasteiger partial charge in [-0.1, -0.05) is 25.7 Å². The molecule has 3 aliphatic carbocycles. The van der Waals surface area contributed by atoms with E-state index in [4.69, 9.17) is 5.73 Å². The zero-order chi connectivity index (χ0) is 12.5. The molecule has 3 saturated carbocycles. The monoisotopic (exact) mass is 250 g/mol. The van der Waals surface area contributed by atoms with Crippen LogP contribution in [0.15, 0.2) is 0 Å². The van der Waals surface area contributed by atoms with Gasteiger partial charge in [0.15, 0.2) is 0 Å². The van der Waals surface area contributed by atoms with Gasteiger partial charge in [0.2, 0.25) is 0 Å². The number of rotatable bonds is 6. The molecule has 0 radical (unpaired) electrons. The van der Waals surface area contributed by atoms with Gasteiger partial charge in [0.25, 0.3) is 0 Å². The molecule has 0 aromatic carbocycles. The first-order valence-electron chi connectivity index (χ1n) is 8.20. The quantitative estimate of drug-likeness (QED) is 0.711. The van der Waals surface area contributed by atoms with Gasteiger partial charge < -0.3 is 11.1 Å². The summed E-state index contributed by atoms with van der Waals surface area (Å²) in [7, 11) is 0. The zero-order valence-electron chi connectivity index (χ0n) is 11.8. The van der Waals surface area contributed by atoms with Crippen molar-refractivity contribution in [2.75, 3.05) is 19.6 Å². The normalized spacial score (nSPS) is 29.8. The molecule has 0 aromatic heterocycles. The lowest BCUT2D eigenvalue weighted by Gasteiger charge is -2.32. The number of hydrogen-bond acceptors (Lipinski definition) is 2. The predicted molar refractivity (Wildman–Crippen MR) is 76.5 cm³/mol. The van der Waals surface area contributed by atoms with Gasteiger partial charge in [-0.15, -0.1) is 0 Å². The third-order valence-corrected chi connectivity index (χ3v) is 5.91. The lowest BCUT2D eigenvalue weighted by molar-refractivity contribution is 0.232. The molecule has 2 nitrogen and oxygen atoms in total. The van der Waals surface area contributed by atoms with Gasteiger partial charge in [-0.3, -0.25) is 0 Å². The molecular formula is C16H30N2. The Bertz CT molecular complexity index is 271. The fourth-order valence-electron chi connectivity index (χ4n) is 4.09. The maximum absolute atomic E-state index is 6.11. The van der Waals surface area contributed by atoms with Gasteiger partial charge in [-0.05, 0) is 61.8 Å². The highest BCUT2D eigenvalue weighted by Gasteiger charge is 2.53. The van der Waals surface area contributed by atoms with Crippen molar-refractivity contribution < 1.29 is 0 Å². The van der Waals surface area contributed by atoms with Crippen LogP contribution in [0.5, 0.6) is 0 Å². The van der Waals surface area contributed by atoms with Crippen molar-refractivity contribution in [1.82, 2.24) is 5.32 Å². The van der Waals surface area contributed by atoms with Crippen LogP contribution < -0.4 is 11.1 Å². The van der Waals surface area contributed by atoms with Gasteiger partial charge >= 0.3 is 0 Å². The van der Waals surface area contributed by atoms with E-state index in [1.54, 1.807) is 0 Å². The van der Waals surface area contributed by atoms with Crippen LogP contribution in [0.3, 0.4) is 0 Å². The highest BCUT2D eigenvalue weighted by Crippen LogP contribution is 2.60. The van der Waals surface area contributed by atoms with E-state index >= 15 is 0 Å². The van der Waals surface area contributed by atoms with E-state index in [0.29, 0.717) is 5.41 Å².